The van der Waals surface area contributed by atoms with Gasteiger partial charge in [-0.15, -0.1) is 11.3 Å². The zero-order chi connectivity index (χ0) is 20.5. The maximum Gasteiger partial charge on any atom is 0.213 e. The number of pyridine rings is 1. The molecule has 0 bridgehead atoms. The van der Waals surface area contributed by atoms with Gasteiger partial charge in [-0.1, -0.05) is 13.8 Å². The summed E-state index contributed by atoms with van der Waals surface area (Å²) in [6, 6.07) is 3.95. The van der Waals surface area contributed by atoms with Crippen molar-refractivity contribution in [3.8, 4) is 5.88 Å². The second kappa shape index (κ2) is 10.8. The molecule has 0 aliphatic carbocycles. The van der Waals surface area contributed by atoms with Crippen LogP contribution in [0, 0.1) is 5.92 Å². The van der Waals surface area contributed by atoms with Crippen LogP contribution in [-0.4, -0.2) is 43.2 Å². The fourth-order valence-electron chi connectivity index (χ4n) is 2.71. The molecule has 0 aliphatic rings. The van der Waals surface area contributed by atoms with Crippen molar-refractivity contribution in [2.45, 2.75) is 46.4 Å². The Kier molecular flexibility index (Phi) is 8.50. The Hall–Kier alpha value is -2.35. The van der Waals surface area contributed by atoms with E-state index < -0.39 is 0 Å². The summed E-state index contributed by atoms with van der Waals surface area (Å²) in [5.74, 6) is 1.99. The molecule has 28 heavy (non-hydrogen) atoms. The molecule has 0 fully saturated rings. The third kappa shape index (κ3) is 7.34. The van der Waals surface area contributed by atoms with Gasteiger partial charge < -0.3 is 20.3 Å². The summed E-state index contributed by atoms with van der Waals surface area (Å²) in [7, 11) is 5.75. The van der Waals surface area contributed by atoms with E-state index >= 15 is 0 Å². The molecule has 1 unspecified atom stereocenters. The van der Waals surface area contributed by atoms with E-state index in [0.717, 1.165) is 28.8 Å². The van der Waals surface area contributed by atoms with Crippen molar-refractivity contribution in [3.05, 3.63) is 35.0 Å². The third-order valence-electron chi connectivity index (χ3n) is 3.97. The second-order valence-electron chi connectivity index (χ2n) is 7.36. The molecule has 7 nitrogen and oxygen atoms in total. The Labute approximate surface area is 172 Å². The monoisotopic (exact) mass is 404 g/mol. The maximum atomic E-state index is 5.93. The fraction of sp³-hybridized carbons (Fsp3) is 0.550. The number of aliphatic imine (C=N–C) groups is 1. The zero-order valence-electron chi connectivity index (χ0n) is 17.7. The molecule has 2 rings (SSSR count). The molecule has 0 saturated heterocycles. The summed E-state index contributed by atoms with van der Waals surface area (Å²) in [6.07, 6.45) is 2.94. The number of hydrogen-bond acceptors (Lipinski definition) is 6. The minimum atomic E-state index is 0.148. The summed E-state index contributed by atoms with van der Waals surface area (Å²) in [5.41, 5.74) is 2.09. The first-order valence-corrected chi connectivity index (χ1v) is 10.4. The SMILES string of the molecule is CN=C(NCc1ccnc(OC(C)CC(C)C)c1)NCc1csc(N(C)C)n1. The molecule has 0 amide bonds. The largest absolute Gasteiger partial charge is 0.475 e. The standard InChI is InChI=1S/C20H32N6OS/c1-14(2)9-15(3)27-18-10-16(7-8-22-18)11-23-19(21-4)24-12-17-13-28-20(25-17)26(5)6/h7-8,10,13-15H,9,11-12H2,1-6H3,(H2,21,23,24). The summed E-state index contributed by atoms with van der Waals surface area (Å²) in [6.45, 7) is 7.73. The highest BCUT2D eigenvalue weighted by atomic mass is 32.1. The van der Waals surface area contributed by atoms with Crippen LogP contribution in [-0.2, 0) is 13.1 Å². The van der Waals surface area contributed by atoms with Crippen molar-refractivity contribution in [2.75, 3.05) is 26.0 Å². The van der Waals surface area contributed by atoms with Crippen molar-refractivity contribution in [2.24, 2.45) is 10.9 Å². The van der Waals surface area contributed by atoms with E-state index in [2.05, 4.69) is 51.7 Å². The maximum absolute atomic E-state index is 5.93. The first kappa shape index (κ1) is 21.9. The predicted molar refractivity (Wildman–Crippen MR) is 117 cm³/mol. The van der Waals surface area contributed by atoms with Crippen LogP contribution in [0.15, 0.2) is 28.7 Å². The quantitative estimate of drug-likeness (QED) is 0.493. The normalized spacial score (nSPS) is 12.8. The van der Waals surface area contributed by atoms with Crippen molar-refractivity contribution in [3.63, 3.8) is 0 Å². The molecule has 2 aromatic rings. The lowest BCUT2D eigenvalue weighted by molar-refractivity contribution is 0.185. The Bertz CT molecular complexity index is 759. The molecule has 0 aromatic carbocycles. The van der Waals surface area contributed by atoms with E-state index in [0.29, 0.717) is 24.9 Å². The molecule has 154 valence electrons. The van der Waals surface area contributed by atoms with Crippen LogP contribution < -0.4 is 20.3 Å². The first-order chi connectivity index (χ1) is 13.4. The van der Waals surface area contributed by atoms with E-state index in [1.165, 1.54) is 0 Å². The molecule has 2 N–H and O–H groups in total. The average molecular weight is 405 g/mol. The predicted octanol–water partition coefficient (Wildman–Crippen LogP) is 3.28. The smallest absolute Gasteiger partial charge is 0.213 e. The molecular weight excluding hydrogens is 372 g/mol. The van der Waals surface area contributed by atoms with Gasteiger partial charge in [0.05, 0.1) is 18.3 Å². The third-order valence-corrected chi connectivity index (χ3v) is 5.02. The Morgan fingerprint density at radius 2 is 2.00 bits per heavy atom. The minimum Gasteiger partial charge on any atom is -0.475 e. The average Bonchev–Trinajstić information content (AvgIpc) is 3.11. The molecule has 8 heteroatoms. The molecule has 2 heterocycles. The van der Waals surface area contributed by atoms with Gasteiger partial charge >= 0.3 is 0 Å². The minimum absolute atomic E-state index is 0.148. The second-order valence-corrected chi connectivity index (χ2v) is 8.19. The number of nitrogens with zero attached hydrogens (tertiary/aromatic N) is 4. The van der Waals surface area contributed by atoms with Gasteiger partial charge in [0, 0.05) is 45.3 Å². The number of hydrogen-bond donors (Lipinski definition) is 2. The van der Waals surface area contributed by atoms with Crippen molar-refractivity contribution in [1.82, 2.24) is 20.6 Å². The topological polar surface area (TPSA) is 74.7 Å². The van der Waals surface area contributed by atoms with Gasteiger partial charge in [-0.3, -0.25) is 4.99 Å². The zero-order valence-corrected chi connectivity index (χ0v) is 18.5. The summed E-state index contributed by atoms with van der Waals surface area (Å²) < 4.78 is 5.93. The van der Waals surface area contributed by atoms with Crippen molar-refractivity contribution in [1.29, 1.82) is 0 Å². The van der Waals surface area contributed by atoms with Crippen LogP contribution in [0.25, 0.3) is 0 Å². The van der Waals surface area contributed by atoms with Gasteiger partial charge in [0.15, 0.2) is 11.1 Å². The van der Waals surface area contributed by atoms with Crippen LogP contribution >= 0.6 is 11.3 Å². The lowest BCUT2D eigenvalue weighted by Crippen LogP contribution is -2.36. The summed E-state index contributed by atoms with van der Waals surface area (Å²) in [4.78, 5) is 15.2. The van der Waals surface area contributed by atoms with Gasteiger partial charge in [0.2, 0.25) is 5.88 Å². The number of nitrogens with one attached hydrogen (secondary N) is 2. The number of aromatic nitrogens is 2. The highest BCUT2D eigenvalue weighted by molar-refractivity contribution is 7.13. The van der Waals surface area contributed by atoms with E-state index in [1.54, 1.807) is 24.6 Å². The first-order valence-electron chi connectivity index (χ1n) is 9.55. The lowest BCUT2D eigenvalue weighted by Gasteiger charge is -2.16. The molecule has 2 aromatic heterocycles. The van der Waals surface area contributed by atoms with Crippen LogP contribution in [0.4, 0.5) is 5.13 Å². The van der Waals surface area contributed by atoms with Gasteiger partial charge in [-0.05, 0) is 30.9 Å². The highest BCUT2D eigenvalue weighted by Crippen LogP contribution is 2.17. The molecule has 0 aliphatic heterocycles. The number of thiazole rings is 1. The summed E-state index contributed by atoms with van der Waals surface area (Å²) >= 11 is 1.63. The lowest BCUT2D eigenvalue weighted by atomic mass is 10.1. The van der Waals surface area contributed by atoms with Crippen molar-refractivity contribution >= 4 is 22.4 Å². The number of guanidine groups is 1. The molecule has 0 saturated carbocycles. The van der Waals surface area contributed by atoms with E-state index in [-0.39, 0.29) is 6.10 Å². The molecule has 1 atom stereocenters. The fourth-order valence-corrected chi connectivity index (χ4v) is 3.46. The number of ether oxygens (including phenoxy) is 1. The Balaban J connectivity index is 1.84. The molecular formula is C20H32N6OS. The van der Waals surface area contributed by atoms with Gasteiger partial charge in [0.25, 0.3) is 0 Å². The van der Waals surface area contributed by atoms with E-state index in [4.69, 9.17) is 4.74 Å². The van der Waals surface area contributed by atoms with Crippen LogP contribution in [0.2, 0.25) is 0 Å². The Morgan fingerprint density at radius 3 is 2.64 bits per heavy atom. The van der Waals surface area contributed by atoms with E-state index in [9.17, 15) is 0 Å². The highest BCUT2D eigenvalue weighted by Gasteiger charge is 2.09. The van der Waals surface area contributed by atoms with Crippen molar-refractivity contribution < 1.29 is 4.74 Å². The van der Waals surface area contributed by atoms with Gasteiger partial charge in [-0.2, -0.15) is 0 Å². The number of anilines is 1. The number of rotatable bonds is 9. The van der Waals surface area contributed by atoms with Crippen LogP contribution in [0.5, 0.6) is 5.88 Å². The van der Waals surface area contributed by atoms with Gasteiger partial charge in [-0.25, -0.2) is 9.97 Å². The molecule has 0 radical (unpaired) electrons. The van der Waals surface area contributed by atoms with Crippen LogP contribution in [0.1, 0.15) is 38.4 Å². The van der Waals surface area contributed by atoms with Crippen LogP contribution in [0.3, 0.4) is 0 Å². The van der Waals surface area contributed by atoms with Gasteiger partial charge in [0.1, 0.15) is 0 Å². The van der Waals surface area contributed by atoms with E-state index in [1.807, 2.05) is 31.1 Å². The molecule has 0 spiro atoms. The summed E-state index contributed by atoms with van der Waals surface area (Å²) in [5, 5.41) is 9.67. The Morgan fingerprint density at radius 1 is 1.25 bits per heavy atom.